The summed E-state index contributed by atoms with van der Waals surface area (Å²) in [7, 11) is 2.02. The van der Waals surface area contributed by atoms with Crippen LogP contribution >= 0.6 is 0 Å². The van der Waals surface area contributed by atoms with Crippen molar-refractivity contribution >= 4 is 27.6 Å². The molecule has 5 rings (SSSR count). The van der Waals surface area contributed by atoms with E-state index < -0.39 is 0 Å². The van der Waals surface area contributed by atoms with Crippen LogP contribution in [0.4, 0.5) is 0 Å². The number of fused-ring (bicyclic) bond motifs is 2. The van der Waals surface area contributed by atoms with E-state index in [0.29, 0.717) is 13.3 Å². The van der Waals surface area contributed by atoms with Gasteiger partial charge in [0.05, 0.1) is 22.2 Å². The van der Waals surface area contributed by atoms with Crippen LogP contribution in [0.25, 0.3) is 38.8 Å². The van der Waals surface area contributed by atoms with Crippen molar-refractivity contribution in [1.29, 1.82) is 0 Å². The maximum absolute atomic E-state index is 12.7. The number of benzene rings is 2. The largest absolute Gasteiger partial charge is 0.476 e. The summed E-state index contributed by atoms with van der Waals surface area (Å²) in [5.74, 6) is 0.886. The minimum absolute atomic E-state index is 0.0938. The molecule has 1 N–H and O–H groups in total. The Kier molecular flexibility index (Phi) is 4.17. The summed E-state index contributed by atoms with van der Waals surface area (Å²) < 4.78 is 7.56. The van der Waals surface area contributed by atoms with Crippen molar-refractivity contribution in [1.82, 2.24) is 19.4 Å². The van der Waals surface area contributed by atoms with Gasteiger partial charge in [-0.15, -0.1) is 0 Å². The average Bonchev–Trinajstić information content (AvgIpc) is 3.24. The Bertz CT molecular complexity index is 1390. The van der Waals surface area contributed by atoms with E-state index in [4.69, 9.17) is 4.74 Å². The summed E-state index contributed by atoms with van der Waals surface area (Å²) in [5, 5.41) is 1.08. The fourth-order valence-corrected chi connectivity index (χ4v) is 4.57. The van der Waals surface area contributed by atoms with Crippen molar-refractivity contribution < 1.29 is 4.74 Å². The number of nitrogens with zero attached hydrogens (tertiary/aromatic N) is 3. The maximum Gasteiger partial charge on any atom is 0.326 e. The summed E-state index contributed by atoms with van der Waals surface area (Å²) in [6.45, 7) is 7.21. The van der Waals surface area contributed by atoms with E-state index in [-0.39, 0.29) is 5.69 Å². The first kappa shape index (κ1) is 18.5. The summed E-state index contributed by atoms with van der Waals surface area (Å²) in [6, 6.07) is 12.4. The van der Waals surface area contributed by atoms with Crippen molar-refractivity contribution in [2.45, 2.75) is 27.3 Å². The molecule has 0 saturated heterocycles. The highest BCUT2D eigenvalue weighted by molar-refractivity contribution is 6.05. The van der Waals surface area contributed by atoms with Crippen molar-refractivity contribution in [3.05, 3.63) is 70.0 Å². The van der Waals surface area contributed by atoms with Crippen molar-refractivity contribution in [3.8, 4) is 11.1 Å². The van der Waals surface area contributed by atoms with Crippen molar-refractivity contribution in [2.24, 2.45) is 0 Å². The van der Waals surface area contributed by atoms with Gasteiger partial charge < -0.3 is 14.6 Å². The molecule has 4 aromatic rings. The van der Waals surface area contributed by atoms with Crippen LogP contribution < -0.4 is 5.69 Å². The Morgan fingerprint density at radius 3 is 2.77 bits per heavy atom. The molecule has 2 aromatic carbocycles. The number of rotatable bonds is 3. The molecule has 6 nitrogen and oxygen atoms in total. The van der Waals surface area contributed by atoms with Gasteiger partial charge in [0.2, 0.25) is 0 Å². The lowest BCUT2D eigenvalue weighted by molar-refractivity contribution is 0.172. The fourth-order valence-electron chi connectivity index (χ4n) is 4.57. The lowest BCUT2D eigenvalue weighted by Gasteiger charge is -2.18. The fraction of sp³-hybridized carbons (Fsp3) is 0.250. The van der Waals surface area contributed by atoms with Gasteiger partial charge in [0, 0.05) is 36.3 Å². The summed E-state index contributed by atoms with van der Waals surface area (Å²) in [6.07, 6.45) is 1.81. The van der Waals surface area contributed by atoms with Gasteiger partial charge in [-0.2, -0.15) is 0 Å². The van der Waals surface area contributed by atoms with Gasteiger partial charge in [0.15, 0.2) is 6.73 Å². The van der Waals surface area contributed by atoms with Crippen LogP contribution in [-0.4, -0.2) is 33.2 Å². The van der Waals surface area contributed by atoms with E-state index in [1.807, 2.05) is 39.2 Å². The molecule has 1 aliphatic rings. The Balaban J connectivity index is 1.94. The quantitative estimate of drug-likeness (QED) is 0.551. The predicted molar refractivity (Wildman–Crippen MR) is 120 cm³/mol. The Morgan fingerprint density at radius 2 is 2.03 bits per heavy atom. The number of H-pyrrole nitrogens is 1. The highest BCUT2D eigenvalue weighted by atomic mass is 16.5. The third kappa shape index (κ3) is 2.64. The summed E-state index contributed by atoms with van der Waals surface area (Å²) >= 11 is 0. The Hall–Kier alpha value is -3.54. The molecule has 6 heteroatoms. The molecule has 0 fully saturated rings. The van der Waals surface area contributed by atoms with E-state index in [1.54, 1.807) is 4.57 Å². The van der Waals surface area contributed by atoms with E-state index in [9.17, 15) is 4.79 Å². The predicted octanol–water partition coefficient (Wildman–Crippen LogP) is 4.48. The number of pyridine rings is 1. The first-order chi connectivity index (χ1) is 14.5. The van der Waals surface area contributed by atoms with E-state index >= 15 is 0 Å². The first-order valence-electron chi connectivity index (χ1n) is 10.2. The second-order valence-electron chi connectivity index (χ2n) is 7.80. The van der Waals surface area contributed by atoms with Crippen molar-refractivity contribution in [2.75, 3.05) is 13.8 Å². The van der Waals surface area contributed by atoms with Crippen LogP contribution in [0.2, 0.25) is 0 Å². The monoisotopic (exact) mass is 400 g/mol. The molecular formula is C24H24N4O2. The average molecular weight is 400 g/mol. The normalized spacial score (nSPS) is 14.2. The lowest BCUT2D eigenvalue weighted by atomic mass is 9.92. The molecule has 0 spiro atoms. The molecule has 0 atom stereocenters. The molecule has 2 aromatic heterocycles. The third-order valence-electron chi connectivity index (χ3n) is 5.91. The highest BCUT2D eigenvalue weighted by Gasteiger charge is 2.23. The van der Waals surface area contributed by atoms with Crippen LogP contribution in [-0.2, 0) is 11.3 Å². The van der Waals surface area contributed by atoms with Crippen LogP contribution in [0, 0.1) is 6.92 Å². The van der Waals surface area contributed by atoms with E-state index in [2.05, 4.69) is 46.1 Å². The zero-order valence-corrected chi connectivity index (χ0v) is 17.6. The molecule has 0 bridgehead atoms. The summed E-state index contributed by atoms with van der Waals surface area (Å²) in [5.41, 5.74) is 7.94. The molecule has 30 heavy (non-hydrogen) atoms. The standard InChI is InChI=1S/C24H24N4O2/c1-5-28-23-18(21-14(2)8-9-19-17(21)7-6-10-25-19)11-16(12-20(23)26-24(28)29)22-15(3)30-13-27(22)4/h6-12H,5,13H2,1-4H3,(H,26,29). The molecule has 0 radical (unpaired) electrons. The van der Waals surface area contributed by atoms with Crippen molar-refractivity contribution in [3.63, 3.8) is 0 Å². The SMILES string of the molecule is CCn1c(=O)[nH]c2cc(C3=C(C)OCN3C)cc(-c3c(C)ccc4ncccc34)c21. The second kappa shape index (κ2) is 6.76. The number of aromatic nitrogens is 3. The minimum atomic E-state index is -0.0938. The van der Waals surface area contributed by atoms with Crippen LogP contribution in [0.1, 0.15) is 25.0 Å². The Labute approximate surface area is 174 Å². The molecular weight excluding hydrogens is 376 g/mol. The molecule has 1 aliphatic heterocycles. The zero-order valence-electron chi connectivity index (χ0n) is 17.6. The number of hydrogen-bond donors (Lipinski definition) is 1. The highest BCUT2D eigenvalue weighted by Crippen LogP contribution is 2.39. The molecule has 0 saturated carbocycles. The van der Waals surface area contributed by atoms with Crippen LogP contribution in [0.5, 0.6) is 0 Å². The van der Waals surface area contributed by atoms with Gasteiger partial charge in [-0.1, -0.05) is 12.1 Å². The molecule has 0 unspecified atom stereocenters. The number of ether oxygens (including phenoxy) is 1. The number of imidazole rings is 1. The Morgan fingerprint density at radius 1 is 1.20 bits per heavy atom. The number of hydrogen-bond acceptors (Lipinski definition) is 4. The maximum atomic E-state index is 12.7. The molecule has 0 aliphatic carbocycles. The van der Waals surface area contributed by atoms with Gasteiger partial charge in [-0.25, -0.2) is 4.79 Å². The van der Waals surface area contributed by atoms with Gasteiger partial charge in [0.1, 0.15) is 5.76 Å². The van der Waals surface area contributed by atoms with Gasteiger partial charge in [-0.05, 0) is 56.2 Å². The van der Waals surface area contributed by atoms with E-state index in [1.165, 1.54) is 0 Å². The topological polar surface area (TPSA) is 63.1 Å². The van der Waals surface area contributed by atoms with Gasteiger partial charge in [0.25, 0.3) is 0 Å². The number of aryl methyl sites for hydroxylation is 2. The number of aromatic amines is 1. The van der Waals surface area contributed by atoms with Gasteiger partial charge in [-0.3, -0.25) is 9.55 Å². The lowest BCUT2D eigenvalue weighted by Crippen LogP contribution is -2.15. The van der Waals surface area contributed by atoms with Crippen LogP contribution in [0.3, 0.4) is 0 Å². The third-order valence-corrected chi connectivity index (χ3v) is 5.91. The van der Waals surface area contributed by atoms with Crippen LogP contribution in [0.15, 0.2) is 53.1 Å². The molecule has 3 heterocycles. The van der Waals surface area contributed by atoms with Gasteiger partial charge >= 0.3 is 5.69 Å². The number of allylic oxidation sites excluding steroid dienone is 1. The molecule has 0 amide bonds. The minimum Gasteiger partial charge on any atom is -0.476 e. The second-order valence-corrected chi connectivity index (χ2v) is 7.80. The first-order valence-corrected chi connectivity index (χ1v) is 10.2. The summed E-state index contributed by atoms with van der Waals surface area (Å²) in [4.78, 5) is 22.4. The number of nitrogens with one attached hydrogen (secondary N) is 1. The van der Waals surface area contributed by atoms with E-state index in [0.717, 1.165) is 55.6 Å². The molecule has 152 valence electrons. The smallest absolute Gasteiger partial charge is 0.326 e. The zero-order chi connectivity index (χ0) is 21.0.